The van der Waals surface area contributed by atoms with E-state index < -0.39 is 0 Å². The van der Waals surface area contributed by atoms with Crippen molar-refractivity contribution in [2.24, 2.45) is 0 Å². The van der Waals surface area contributed by atoms with E-state index in [1.807, 2.05) is 0 Å². The van der Waals surface area contributed by atoms with E-state index in [9.17, 15) is 9.18 Å². The molecule has 1 aromatic heterocycles. The smallest absolute Gasteiger partial charge is 0.128 e. The molecule has 1 aliphatic rings. The molecule has 1 unspecified atom stereocenters. The third kappa shape index (κ3) is 1.28. The molecule has 16 heavy (non-hydrogen) atoms. The lowest BCUT2D eigenvalue weighted by atomic mass is 9.88. The minimum atomic E-state index is -0.220. The fourth-order valence-corrected chi connectivity index (χ4v) is 2.61. The van der Waals surface area contributed by atoms with Crippen LogP contribution in [0.4, 0.5) is 4.39 Å². The highest BCUT2D eigenvalue weighted by molar-refractivity contribution is 5.86. The number of nitrogens with one attached hydrogen (secondary N) is 1. The van der Waals surface area contributed by atoms with Crippen LogP contribution in [0.3, 0.4) is 0 Å². The van der Waals surface area contributed by atoms with Crippen LogP contribution in [0.5, 0.6) is 0 Å². The molecule has 2 nitrogen and oxygen atoms in total. The lowest BCUT2D eigenvalue weighted by molar-refractivity contribution is -0.109. The van der Waals surface area contributed by atoms with Gasteiger partial charge in [0.25, 0.3) is 0 Å². The first-order valence-electron chi connectivity index (χ1n) is 5.55. The van der Waals surface area contributed by atoms with Gasteiger partial charge in [-0.05, 0) is 43.0 Å². The molecule has 1 N–H and O–H groups in total. The number of carbonyl (C=O) groups excluding carboxylic acids is 1. The van der Waals surface area contributed by atoms with Gasteiger partial charge in [0.05, 0.1) is 5.92 Å². The molecule has 1 heterocycles. The number of halogens is 1. The number of aryl methyl sites for hydroxylation is 1. The maximum Gasteiger partial charge on any atom is 0.128 e. The molecule has 1 aromatic carbocycles. The molecule has 0 aliphatic heterocycles. The fourth-order valence-electron chi connectivity index (χ4n) is 2.61. The van der Waals surface area contributed by atoms with Gasteiger partial charge >= 0.3 is 0 Å². The summed E-state index contributed by atoms with van der Waals surface area (Å²) in [6.07, 6.45) is 3.82. The molecule has 82 valence electrons. The van der Waals surface area contributed by atoms with Crippen LogP contribution in [0.25, 0.3) is 10.9 Å². The summed E-state index contributed by atoms with van der Waals surface area (Å²) in [7, 11) is 0. The quantitative estimate of drug-likeness (QED) is 0.732. The van der Waals surface area contributed by atoms with Gasteiger partial charge in [-0.15, -0.1) is 0 Å². The molecule has 2 aromatic rings. The number of rotatable bonds is 1. The van der Waals surface area contributed by atoms with E-state index >= 15 is 0 Å². The third-order valence-corrected chi connectivity index (χ3v) is 3.38. The summed E-state index contributed by atoms with van der Waals surface area (Å²) in [4.78, 5) is 14.2. The summed E-state index contributed by atoms with van der Waals surface area (Å²) >= 11 is 0. The molecule has 3 rings (SSSR count). The maximum absolute atomic E-state index is 13.2. The van der Waals surface area contributed by atoms with Crippen molar-refractivity contribution >= 4 is 17.2 Å². The molecule has 0 saturated heterocycles. The number of benzene rings is 1. The van der Waals surface area contributed by atoms with Crippen LogP contribution in [0, 0.1) is 5.82 Å². The highest BCUT2D eigenvalue weighted by Crippen LogP contribution is 2.35. The van der Waals surface area contributed by atoms with Gasteiger partial charge < -0.3 is 9.78 Å². The number of H-pyrrole nitrogens is 1. The van der Waals surface area contributed by atoms with E-state index in [1.165, 1.54) is 6.07 Å². The van der Waals surface area contributed by atoms with Crippen molar-refractivity contribution in [3.8, 4) is 0 Å². The molecule has 0 bridgehead atoms. The van der Waals surface area contributed by atoms with Crippen molar-refractivity contribution in [2.75, 3.05) is 0 Å². The highest BCUT2D eigenvalue weighted by Gasteiger charge is 2.23. The number of aldehydes is 1. The molecular formula is C13H12FNO. The Morgan fingerprint density at radius 2 is 2.31 bits per heavy atom. The zero-order chi connectivity index (χ0) is 11.1. The first-order valence-corrected chi connectivity index (χ1v) is 5.55. The third-order valence-electron chi connectivity index (χ3n) is 3.38. The zero-order valence-electron chi connectivity index (χ0n) is 8.79. The number of carbonyl (C=O) groups is 1. The predicted octanol–water partition coefficient (Wildman–Crippen LogP) is 2.93. The minimum absolute atomic E-state index is 0.0424. The standard InChI is InChI=1S/C13H12FNO/c14-9-4-5-12-11(6-9)10-3-1-2-8(7-16)13(10)15-12/h4-8,15H,1-3H2. The second-order valence-corrected chi connectivity index (χ2v) is 4.34. The zero-order valence-corrected chi connectivity index (χ0v) is 8.79. The van der Waals surface area contributed by atoms with Crippen molar-refractivity contribution in [3.63, 3.8) is 0 Å². The molecule has 0 amide bonds. The Morgan fingerprint density at radius 3 is 3.12 bits per heavy atom. The summed E-state index contributed by atoms with van der Waals surface area (Å²) in [6, 6.07) is 4.74. The molecule has 0 fully saturated rings. The van der Waals surface area contributed by atoms with Crippen LogP contribution in [-0.4, -0.2) is 11.3 Å². The van der Waals surface area contributed by atoms with Gasteiger partial charge in [-0.1, -0.05) is 0 Å². The van der Waals surface area contributed by atoms with Crippen LogP contribution in [0.15, 0.2) is 18.2 Å². The van der Waals surface area contributed by atoms with Crippen molar-refractivity contribution in [2.45, 2.75) is 25.2 Å². The molecule has 0 spiro atoms. The van der Waals surface area contributed by atoms with E-state index in [4.69, 9.17) is 0 Å². The van der Waals surface area contributed by atoms with E-state index in [0.29, 0.717) is 0 Å². The van der Waals surface area contributed by atoms with E-state index in [-0.39, 0.29) is 11.7 Å². The van der Waals surface area contributed by atoms with Crippen LogP contribution >= 0.6 is 0 Å². The Kier molecular flexibility index (Phi) is 2.06. The topological polar surface area (TPSA) is 32.9 Å². The van der Waals surface area contributed by atoms with Crippen LogP contribution in [0.1, 0.15) is 30.0 Å². The molecule has 3 heteroatoms. The molecule has 1 atom stereocenters. The van der Waals surface area contributed by atoms with Crippen molar-refractivity contribution in [1.82, 2.24) is 4.98 Å². The summed E-state index contributed by atoms with van der Waals surface area (Å²) in [5.74, 6) is -0.262. The summed E-state index contributed by atoms with van der Waals surface area (Å²) in [5.41, 5.74) is 3.04. The van der Waals surface area contributed by atoms with E-state index in [0.717, 1.165) is 47.7 Å². The highest BCUT2D eigenvalue weighted by atomic mass is 19.1. The van der Waals surface area contributed by atoms with Crippen LogP contribution < -0.4 is 0 Å². The number of aromatic amines is 1. The summed E-state index contributed by atoms with van der Waals surface area (Å²) in [5, 5.41) is 0.932. The lowest BCUT2D eigenvalue weighted by Crippen LogP contribution is -2.09. The van der Waals surface area contributed by atoms with Gasteiger partial charge in [0, 0.05) is 16.6 Å². The van der Waals surface area contributed by atoms with Gasteiger partial charge in [-0.2, -0.15) is 0 Å². The van der Waals surface area contributed by atoms with Gasteiger partial charge in [0.2, 0.25) is 0 Å². The van der Waals surface area contributed by atoms with Gasteiger partial charge in [0.1, 0.15) is 12.1 Å². The number of fused-ring (bicyclic) bond motifs is 3. The van der Waals surface area contributed by atoms with Crippen molar-refractivity contribution in [1.29, 1.82) is 0 Å². The molecule has 0 saturated carbocycles. The molecular weight excluding hydrogens is 205 g/mol. The average molecular weight is 217 g/mol. The Balaban J connectivity index is 2.28. The lowest BCUT2D eigenvalue weighted by Gasteiger charge is -2.17. The second kappa shape index (κ2) is 3.44. The Labute approximate surface area is 92.5 Å². The van der Waals surface area contributed by atoms with Gasteiger partial charge in [0.15, 0.2) is 0 Å². The monoisotopic (exact) mass is 217 g/mol. The first kappa shape index (κ1) is 9.58. The predicted molar refractivity (Wildman–Crippen MR) is 60.0 cm³/mol. The summed E-state index contributed by atoms with van der Waals surface area (Å²) < 4.78 is 13.2. The fraction of sp³-hybridized carbons (Fsp3) is 0.308. The van der Waals surface area contributed by atoms with Crippen molar-refractivity contribution < 1.29 is 9.18 Å². The number of hydrogen-bond acceptors (Lipinski definition) is 1. The normalized spacial score (nSPS) is 19.7. The van der Waals surface area contributed by atoms with Gasteiger partial charge in [-0.25, -0.2) is 4.39 Å². The average Bonchev–Trinajstić information content (AvgIpc) is 2.67. The van der Waals surface area contributed by atoms with Crippen LogP contribution in [-0.2, 0) is 11.2 Å². The minimum Gasteiger partial charge on any atom is -0.358 e. The Bertz CT molecular complexity index is 558. The summed E-state index contributed by atoms with van der Waals surface area (Å²) in [6.45, 7) is 0. The van der Waals surface area contributed by atoms with Crippen LogP contribution in [0.2, 0.25) is 0 Å². The SMILES string of the molecule is O=CC1CCCc2c1[nH]c1ccc(F)cc21. The molecule has 1 aliphatic carbocycles. The Morgan fingerprint density at radius 1 is 1.44 bits per heavy atom. The largest absolute Gasteiger partial charge is 0.358 e. The second-order valence-electron chi connectivity index (χ2n) is 4.34. The molecule has 0 radical (unpaired) electrons. The van der Waals surface area contributed by atoms with E-state index in [2.05, 4.69) is 4.98 Å². The van der Waals surface area contributed by atoms with Gasteiger partial charge in [-0.3, -0.25) is 0 Å². The number of aromatic nitrogens is 1. The number of hydrogen-bond donors (Lipinski definition) is 1. The van der Waals surface area contributed by atoms with Crippen molar-refractivity contribution in [3.05, 3.63) is 35.3 Å². The first-order chi connectivity index (χ1) is 7.79. The van der Waals surface area contributed by atoms with E-state index in [1.54, 1.807) is 12.1 Å². The Hall–Kier alpha value is -1.64. The maximum atomic E-state index is 13.2.